The maximum Gasteiger partial charge on any atom is 0.255 e. The van der Waals surface area contributed by atoms with Crippen molar-refractivity contribution in [2.24, 2.45) is 0 Å². The van der Waals surface area contributed by atoms with Gasteiger partial charge in [0.2, 0.25) is 0 Å². The molecule has 0 bridgehead atoms. The molecule has 5 nitrogen and oxygen atoms in total. The number of carbonyl (C=O) groups is 1. The molecular formula is C26H28Cl2N4O. The molecule has 172 valence electrons. The molecule has 1 fully saturated rings. The average molecular weight is 483 g/mol. The molecule has 1 amide bonds. The van der Waals surface area contributed by atoms with Crippen LogP contribution >= 0.6 is 24.8 Å². The molecule has 1 saturated heterocycles. The Labute approximate surface area is 206 Å². The van der Waals surface area contributed by atoms with Gasteiger partial charge in [-0.05, 0) is 73.0 Å². The summed E-state index contributed by atoms with van der Waals surface area (Å²) in [5, 5.41) is 3.03. The lowest BCUT2D eigenvalue weighted by Crippen LogP contribution is -2.29. The molecule has 0 saturated carbocycles. The van der Waals surface area contributed by atoms with Crippen molar-refractivity contribution in [1.82, 2.24) is 14.9 Å². The SMILES string of the molecule is Cl.Cl.O=C(Nc1ccc2nc[nH]c2c1)c1ccc(-c2ccccc2)c(CN2CCCCC2)c1. The summed E-state index contributed by atoms with van der Waals surface area (Å²) in [6.07, 6.45) is 5.46. The van der Waals surface area contributed by atoms with Crippen LogP contribution in [0.4, 0.5) is 5.69 Å². The molecule has 33 heavy (non-hydrogen) atoms. The van der Waals surface area contributed by atoms with Crippen molar-refractivity contribution in [3.63, 3.8) is 0 Å². The molecule has 0 atom stereocenters. The van der Waals surface area contributed by atoms with Gasteiger partial charge in [0.15, 0.2) is 0 Å². The molecule has 0 radical (unpaired) electrons. The molecule has 5 rings (SSSR count). The topological polar surface area (TPSA) is 61.0 Å². The lowest BCUT2D eigenvalue weighted by Gasteiger charge is -2.27. The van der Waals surface area contributed by atoms with E-state index in [0.717, 1.165) is 36.4 Å². The second kappa shape index (κ2) is 11.3. The van der Waals surface area contributed by atoms with Crippen LogP contribution < -0.4 is 5.32 Å². The van der Waals surface area contributed by atoms with Crippen molar-refractivity contribution in [3.8, 4) is 11.1 Å². The predicted octanol–water partition coefficient (Wildman–Crippen LogP) is 6.31. The van der Waals surface area contributed by atoms with E-state index in [1.165, 1.54) is 36.0 Å². The smallest absolute Gasteiger partial charge is 0.255 e. The second-order valence-corrected chi connectivity index (χ2v) is 8.16. The van der Waals surface area contributed by atoms with Gasteiger partial charge in [-0.15, -0.1) is 24.8 Å². The largest absolute Gasteiger partial charge is 0.345 e. The summed E-state index contributed by atoms with van der Waals surface area (Å²) in [6, 6.07) is 22.2. The first-order valence-electron chi connectivity index (χ1n) is 10.9. The number of aromatic amines is 1. The zero-order chi connectivity index (χ0) is 21.0. The molecule has 0 spiro atoms. The van der Waals surface area contributed by atoms with Crippen molar-refractivity contribution >= 4 is 47.4 Å². The number of rotatable bonds is 5. The molecule has 2 N–H and O–H groups in total. The van der Waals surface area contributed by atoms with Gasteiger partial charge in [-0.1, -0.05) is 42.8 Å². The van der Waals surface area contributed by atoms with Crippen LogP contribution in [0.5, 0.6) is 0 Å². The third-order valence-corrected chi connectivity index (χ3v) is 5.97. The number of nitrogens with one attached hydrogen (secondary N) is 2. The number of H-pyrrole nitrogens is 1. The normalized spacial score (nSPS) is 13.7. The number of hydrogen-bond donors (Lipinski definition) is 2. The van der Waals surface area contributed by atoms with Gasteiger partial charge < -0.3 is 10.3 Å². The Morgan fingerprint density at radius 2 is 1.73 bits per heavy atom. The molecule has 7 heteroatoms. The standard InChI is InChI=1S/C26H26N4O.2ClH/c31-26(29-22-10-12-24-25(16-22)28-18-27-24)20-9-11-23(19-7-3-1-4-8-19)21(15-20)17-30-13-5-2-6-14-30;;/h1,3-4,7-12,15-16,18H,2,5-6,13-14,17H2,(H,27,28)(H,29,31);2*1H. The lowest BCUT2D eigenvalue weighted by molar-refractivity contribution is 0.102. The van der Waals surface area contributed by atoms with E-state index >= 15 is 0 Å². The summed E-state index contributed by atoms with van der Waals surface area (Å²) in [7, 11) is 0. The minimum Gasteiger partial charge on any atom is -0.345 e. The Morgan fingerprint density at radius 3 is 2.52 bits per heavy atom. The Kier molecular flexibility index (Phi) is 8.50. The molecule has 1 aliphatic heterocycles. The van der Waals surface area contributed by atoms with Crippen LogP contribution in [0.3, 0.4) is 0 Å². The number of anilines is 1. The Balaban J connectivity index is 0.00000153. The van der Waals surface area contributed by atoms with E-state index in [2.05, 4.69) is 56.6 Å². The third kappa shape index (κ3) is 5.74. The van der Waals surface area contributed by atoms with Crippen molar-refractivity contribution in [2.75, 3.05) is 18.4 Å². The Hall–Kier alpha value is -2.86. The Morgan fingerprint density at radius 1 is 0.939 bits per heavy atom. The van der Waals surface area contributed by atoms with Crippen molar-refractivity contribution in [3.05, 3.63) is 84.2 Å². The summed E-state index contributed by atoms with van der Waals surface area (Å²) in [6.45, 7) is 3.11. The lowest BCUT2D eigenvalue weighted by atomic mass is 9.96. The van der Waals surface area contributed by atoms with Crippen LogP contribution in [0.2, 0.25) is 0 Å². The molecule has 0 unspecified atom stereocenters. The van der Waals surface area contributed by atoms with Crippen molar-refractivity contribution in [2.45, 2.75) is 25.8 Å². The van der Waals surface area contributed by atoms with Gasteiger partial charge in [0.05, 0.1) is 17.4 Å². The number of fused-ring (bicyclic) bond motifs is 1. The minimum atomic E-state index is -0.0987. The van der Waals surface area contributed by atoms with Crippen LogP contribution in [-0.4, -0.2) is 33.9 Å². The highest BCUT2D eigenvalue weighted by Gasteiger charge is 2.16. The summed E-state index contributed by atoms with van der Waals surface area (Å²) in [4.78, 5) is 22.8. The molecule has 0 aliphatic carbocycles. The maximum absolute atomic E-state index is 13.0. The fraction of sp³-hybridized carbons (Fsp3) is 0.231. The average Bonchev–Trinajstić information content (AvgIpc) is 3.28. The van der Waals surface area contributed by atoms with E-state index in [4.69, 9.17) is 0 Å². The van der Waals surface area contributed by atoms with Crippen LogP contribution in [0, 0.1) is 0 Å². The van der Waals surface area contributed by atoms with Gasteiger partial charge in [-0.2, -0.15) is 0 Å². The van der Waals surface area contributed by atoms with Gasteiger partial charge in [-0.25, -0.2) is 4.98 Å². The van der Waals surface area contributed by atoms with Crippen molar-refractivity contribution in [1.29, 1.82) is 0 Å². The second-order valence-electron chi connectivity index (χ2n) is 8.16. The van der Waals surface area contributed by atoms with Gasteiger partial charge in [0, 0.05) is 17.8 Å². The number of nitrogens with zero attached hydrogens (tertiary/aromatic N) is 2. The van der Waals surface area contributed by atoms with Gasteiger partial charge in [0.25, 0.3) is 5.91 Å². The number of hydrogen-bond acceptors (Lipinski definition) is 3. The molecular weight excluding hydrogens is 455 g/mol. The summed E-state index contributed by atoms with van der Waals surface area (Å²) in [5.41, 5.74) is 6.80. The first kappa shape index (κ1) is 24.8. The molecule has 1 aromatic heterocycles. The number of carbonyl (C=O) groups excluding carboxylic acids is 1. The van der Waals surface area contributed by atoms with Gasteiger partial charge >= 0.3 is 0 Å². The van der Waals surface area contributed by atoms with Gasteiger partial charge in [0.1, 0.15) is 0 Å². The highest BCUT2D eigenvalue weighted by molar-refractivity contribution is 6.05. The van der Waals surface area contributed by atoms with Gasteiger partial charge in [-0.3, -0.25) is 9.69 Å². The quantitative estimate of drug-likeness (QED) is 0.350. The fourth-order valence-electron chi connectivity index (χ4n) is 4.34. The summed E-state index contributed by atoms with van der Waals surface area (Å²) < 4.78 is 0. The highest BCUT2D eigenvalue weighted by Crippen LogP contribution is 2.27. The summed E-state index contributed by atoms with van der Waals surface area (Å²) in [5.74, 6) is -0.0987. The number of amides is 1. The van der Waals surface area contributed by atoms with E-state index < -0.39 is 0 Å². The first-order chi connectivity index (χ1) is 15.3. The van der Waals surface area contributed by atoms with Crippen LogP contribution in [-0.2, 0) is 6.54 Å². The molecule has 4 aromatic rings. The predicted molar refractivity (Wildman–Crippen MR) is 140 cm³/mol. The zero-order valence-electron chi connectivity index (χ0n) is 18.3. The number of benzene rings is 3. The minimum absolute atomic E-state index is 0. The zero-order valence-corrected chi connectivity index (χ0v) is 19.9. The molecule has 2 heterocycles. The van der Waals surface area contributed by atoms with Crippen LogP contribution in [0.25, 0.3) is 22.2 Å². The monoisotopic (exact) mass is 482 g/mol. The number of halogens is 2. The number of aromatic nitrogens is 2. The maximum atomic E-state index is 13.0. The van der Waals surface area contributed by atoms with E-state index in [1.54, 1.807) is 6.33 Å². The van der Waals surface area contributed by atoms with Crippen LogP contribution in [0.15, 0.2) is 73.1 Å². The van der Waals surface area contributed by atoms with Crippen LogP contribution in [0.1, 0.15) is 35.2 Å². The Bertz CT molecular complexity index is 1200. The van der Waals surface area contributed by atoms with Crippen molar-refractivity contribution < 1.29 is 4.79 Å². The molecule has 1 aliphatic rings. The summed E-state index contributed by atoms with van der Waals surface area (Å²) >= 11 is 0. The van der Waals surface area contributed by atoms with E-state index in [0.29, 0.717) is 5.56 Å². The highest BCUT2D eigenvalue weighted by atomic mass is 35.5. The van der Waals surface area contributed by atoms with E-state index in [9.17, 15) is 4.79 Å². The first-order valence-corrected chi connectivity index (χ1v) is 10.9. The number of likely N-dealkylation sites (tertiary alicyclic amines) is 1. The number of imidazole rings is 1. The number of piperidine rings is 1. The fourth-order valence-corrected chi connectivity index (χ4v) is 4.34. The third-order valence-electron chi connectivity index (χ3n) is 5.97. The molecule has 3 aromatic carbocycles. The van der Waals surface area contributed by atoms with E-state index in [1.807, 2.05) is 30.3 Å². The van der Waals surface area contributed by atoms with E-state index in [-0.39, 0.29) is 30.7 Å².